The fourth-order valence-electron chi connectivity index (χ4n) is 2.70. The number of aromatic nitrogens is 4. The van der Waals surface area contributed by atoms with Crippen LogP contribution in [0, 0.1) is 4.77 Å². The van der Waals surface area contributed by atoms with Crippen LogP contribution in [-0.4, -0.2) is 40.1 Å². The molecule has 132 valence electrons. The van der Waals surface area contributed by atoms with Crippen molar-refractivity contribution in [1.29, 1.82) is 0 Å². The second-order valence-corrected chi connectivity index (χ2v) is 7.05. The number of nitrogens with one attached hydrogen (secondary N) is 1. The highest BCUT2D eigenvalue weighted by molar-refractivity contribution is 7.71. The molecule has 3 aromatic heterocycles. The monoisotopic (exact) mass is 376 g/mol. The summed E-state index contributed by atoms with van der Waals surface area (Å²) in [5.74, 6) is 0.854. The summed E-state index contributed by atoms with van der Waals surface area (Å²) in [6.07, 6.45) is 3.54. The molecule has 6 nitrogen and oxygen atoms in total. The van der Waals surface area contributed by atoms with Gasteiger partial charge in [-0.3, -0.25) is 9.55 Å². The Labute approximate surface area is 156 Å². The first-order chi connectivity index (χ1) is 12.2. The van der Waals surface area contributed by atoms with Crippen molar-refractivity contribution in [2.45, 2.75) is 19.8 Å². The number of hydrogen-bond donors (Lipinski definition) is 1. The van der Waals surface area contributed by atoms with Gasteiger partial charge in [-0.05, 0) is 41.2 Å². The number of rotatable bonds is 8. The lowest BCUT2D eigenvalue weighted by atomic mass is 10.2. The Bertz CT molecular complexity index is 842. The maximum Gasteiger partial charge on any atom is 0.203 e. The van der Waals surface area contributed by atoms with E-state index in [1.165, 1.54) is 10.5 Å². The molecule has 3 heterocycles. The van der Waals surface area contributed by atoms with E-state index in [4.69, 9.17) is 22.1 Å². The lowest BCUT2D eigenvalue weighted by Gasteiger charge is -2.12. The van der Waals surface area contributed by atoms with Gasteiger partial charge in [0.15, 0.2) is 12.5 Å². The number of methoxy groups -OCH3 is 1. The van der Waals surface area contributed by atoms with E-state index in [0.717, 1.165) is 17.9 Å². The van der Waals surface area contributed by atoms with Crippen LogP contribution in [0.4, 0.5) is 0 Å². The van der Waals surface area contributed by atoms with Crippen molar-refractivity contribution >= 4 is 23.6 Å². The third-order valence-corrected chi connectivity index (χ3v) is 5.05. The zero-order valence-corrected chi connectivity index (χ0v) is 16.0. The topological polar surface area (TPSA) is 49.3 Å². The summed E-state index contributed by atoms with van der Waals surface area (Å²) in [7, 11) is 3.85. The average Bonchev–Trinajstić information content (AvgIpc) is 3.23. The van der Waals surface area contributed by atoms with Gasteiger partial charge >= 0.3 is 0 Å². The normalized spacial score (nSPS) is 12.4. The molecule has 0 aliphatic carbocycles. The van der Waals surface area contributed by atoms with Gasteiger partial charge < -0.3 is 9.64 Å². The Kier molecular flexibility index (Phi) is 6.09. The molecule has 1 atom stereocenters. The smallest absolute Gasteiger partial charge is 0.203 e. The van der Waals surface area contributed by atoms with Gasteiger partial charge in [-0.2, -0.15) is 16.0 Å². The summed E-state index contributed by atoms with van der Waals surface area (Å²) in [6, 6.07) is 6.06. The maximum atomic E-state index is 5.67. The van der Waals surface area contributed by atoms with Gasteiger partial charge in [0.1, 0.15) is 6.54 Å². The van der Waals surface area contributed by atoms with E-state index >= 15 is 0 Å². The lowest BCUT2D eigenvalue weighted by molar-refractivity contribution is -0.917. The molecular formula is C17H22N5OS2+. The van der Waals surface area contributed by atoms with Crippen molar-refractivity contribution in [1.82, 2.24) is 19.3 Å². The molecule has 0 aliphatic rings. The predicted molar refractivity (Wildman–Crippen MR) is 101 cm³/mol. The number of thiophene rings is 1. The number of nitrogens with zero attached hydrogens (tertiary/aromatic N) is 4. The molecule has 0 aliphatic heterocycles. The molecule has 0 aromatic carbocycles. The van der Waals surface area contributed by atoms with Crippen LogP contribution in [0.3, 0.4) is 0 Å². The molecule has 0 amide bonds. The van der Waals surface area contributed by atoms with Gasteiger partial charge in [0.2, 0.25) is 4.77 Å². The molecule has 1 unspecified atom stereocenters. The first-order valence-corrected chi connectivity index (χ1v) is 9.43. The molecule has 0 bridgehead atoms. The van der Waals surface area contributed by atoms with Gasteiger partial charge in [-0.15, -0.1) is 5.10 Å². The highest BCUT2D eigenvalue weighted by Gasteiger charge is 2.15. The molecule has 3 rings (SSSR count). The second-order valence-electron chi connectivity index (χ2n) is 5.91. The van der Waals surface area contributed by atoms with Crippen molar-refractivity contribution < 1.29 is 9.64 Å². The van der Waals surface area contributed by atoms with E-state index < -0.39 is 0 Å². The number of quaternary nitrogens is 1. The fraction of sp³-hybridized carbons (Fsp3) is 0.353. The van der Waals surface area contributed by atoms with E-state index in [9.17, 15) is 0 Å². The van der Waals surface area contributed by atoms with Crippen LogP contribution in [0.2, 0.25) is 0 Å². The molecular weight excluding hydrogens is 354 g/mol. The average molecular weight is 377 g/mol. The quantitative estimate of drug-likeness (QED) is 0.610. The fourth-order valence-corrected chi connectivity index (χ4v) is 3.65. The van der Waals surface area contributed by atoms with Crippen LogP contribution in [-0.2, 0) is 24.5 Å². The molecule has 8 heteroatoms. The van der Waals surface area contributed by atoms with Gasteiger partial charge in [0, 0.05) is 30.6 Å². The summed E-state index contributed by atoms with van der Waals surface area (Å²) in [5, 5.41) is 9.07. The van der Waals surface area contributed by atoms with E-state index in [0.29, 0.717) is 24.6 Å². The van der Waals surface area contributed by atoms with Crippen LogP contribution in [0.15, 0.2) is 41.4 Å². The Morgan fingerprint density at radius 2 is 2.08 bits per heavy atom. The zero-order chi connectivity index (χ0) is 17.6. The van der Waals surface area contributed by atoms with E-state index in [-0.39, 0.29) is 0 Å². The Balaban J connectivity index is 1.86. The molecule has 1 N–H and O–H groups in total. The van der Waals surface area contributed by atoms with Crippen molar-refractivity contribution in [3.8, 4) is 11.4 Å². The van der Waals surface area contributed by atoms with E-state index in [1.54, 1.807) is 30.8 Å². The predicted octanol–water partition coefficient (Wildman–Crippen LogP) is 1.86. The van der Waals surface area contributed by atoms with Crippen LogP contribution in [0.5, 0.6) is 0 Å². The SMILES string of the molecule is COCCn1c(-c2ccncc2)nn(C[NH+](C)Cc2ccsc2)c1=S. The standard InChI is InChI=1S/C17H21N5OS2/c1-20(11-14-5-10-25-12-14)13-22-17(24)21(8-9-23-2)16(19-22)15-3-6-18-7-4-15/h3-7,10,12H,8-9,11,13H2,1-2H3/p+1. The van der Waals surface area contributed by atoms with Gasteiger partial charge in [0.25, 0.3) is 0 Å². The molecule has 3 aromatic rings. The zero-order valence-electron chi connectivity index (χ0n) is 14.4. The van der Waals surface area contributed by atoms with Crippen LogP contribution < -0.4 is 4.90 Å². The van der Waals surface area contributed by atoms with Crippen molar-refractivity contribution in [2.24, 2.45) is 0 Å². The van der Waals surface area contributed by atoms with E-state index in [1.807, 2.05) is 21.4 Å². The van der Waals surface area contributed by atoms with Crippen LogP contribution in [0.25, 0.3) is 11.4 Å². The molecule has 0 fully saturated rings. The van der Waals surface area contributed by atoms with E-state index in [2.05, 4.69) is 28.9 Å². The Hall–Kier alpha value is -1.87. The molecule has 0 spiro atoms. The van der Waals surface area contributed by atoms with Crippen molar-refractivity contribution in [3.63, 3.8) is 0 Å². The summed E-state index contributed by atoms with van der Waals surface area (Å²) >= 11 is 7.40. The molecule has 25 heavy (non-hydrogen) atoms. The Morgan fingerprint density at radius 3 is 2.76 bits per heavy atom. The Morgan fingerprint density at radius 1 is 1.28 bits per heavy atom. The maximum absolute atomic E-state index is 5.67. The minimum atomic E-state index is 0.593. The minimum Gasteiger partial charge on any atom is -0.383 e. The highest BCUT2D eigenvalue weighted by atomic mass is 32.1. The van der Waals surface area contributed by atoms with Gasteiger partial charge in [0.05, 0.1) is 20.2 Å². The van der Waals surface area contributed by atoms with Gasteiger partial charge in [-0.25, -0.2) is 0 Å². The molecule has 0 radical (unpaired) electrons. The molecule has 0 saturated heterocycles. The third kappa shape index (κ3) is 4.40. The largest absolute Gasteiger partial charge is 0.383 e. The van der Waals surface area contributed by atoms with Gasteiger partial charge in [-0.1, -0.05) is 0 Å². The summed E-state index contributed by atoms with van der Waals surface area (Å²) in [4.78, 5) is 5.41. The van der Waals surface area contributed by atoms with Crippen molar-refractivity contribution in [2.75, 3.05) is 20.8 Å². The first-order valence-electron chi connectivity index (χ1n) is 8.08. The minimum absolute atomic E-state index is 0.593. The summed E-state index contributed by atoms with van der Waals surface area (Å²) in [5.41, 5.74) is 2.34. The first kappa shape index (κ1) is 17.9. The highest BCUT2D eigenvalue weighted by Crippen LogP contribution is 2.17. The summed E-state index contributed by atoms with van der Waals surface area (Å²) in [6.45, 7) is 2.93. The summed E-state index contributed by atoms with van der Waals surface area (Å²) < 4.78 is 9.89. The molecule has 0 saturated carbocycles. The number of ether oxygens (including phenoxy) is 1. The third-order valence-electron chi connectivity index (χ3n) is 3.89. The van der Waals surface area contributed by atoms with Crippen molar-refractivity contribution in [3.05, 3.63) is 51.7 Å². The number of pyridine rings is 1. The number of hydrogen-bond acceptors (Lipinski definition) is 5. The van der Waals surface area contributed by atoms with Crippen LogP contribution >= 0.6 is 23.6 Å². The lowest BCUT2D eigenvalue weighted by Crippen LogP contribution is -3.06. The second kappa shape index (κ2) is 8.48. The van der Waals surface area contributed by atoms with Crippen LogP contribution in [0.1, 0.15) is 5.56 Å².